The van der Waals surface area contributed by atoms with Crippen LogP contribution in [0.25, 0.3) is 0 Å². The van der Waals surface area contributed by atoms with Crippen LogP contribution in [0.1, 0.15) is 43.6 Å². The first-order valence-electron chi connectivity index (χ1n) is 10.8. The van der Waals surface area contributed by atoms with Crippen LogP contribution in [0.4, 0.5) is 9.59 Å². The Bertz CT molecular complexity index is 932. The van der Waals surface area contributed by atoms with Crippen LogP contribution in [0, 0.1) is 0 Å². The van der Waals surface area contributed by atoms with Crippen LogP contribution in [0.5, 0.6) is 0 Å². The van der Waals surface area contributed by atoms with E-state index in [4.69, 9.17) is 20.3 Å². The lowest BCUT2D eigenvalue weighted by molar-refractivity contribution is 0.243. The Hall–Kier alpha value is -3.96. The van der Waals surface area contributed by atoms with Gasteiger partial charge in [0.2, 0.25) is 0 Å². The average Bonchev–Trinajstić information content (AvgIpc) is 3.20. The number of amides is 4. The molecule has 2 aromatic heterocycles. The van der Waals surface area contributed by atoms with Gasteiger partial charge < -0.3 is 30.9 Å². The molecular formula is C21H30N8O4. The summed E-state index contributed by atoms with van der Waals surface area (Å²) >= 11 is 0. The number of hydrogen-bond acceptors (Lipinski definition) is 6. The predicted octanol–water partition coefficient (Wildman–Crippen LogP) is 1.50. The van der Waals surface area contributed by atoms with Crippen molar-refractivity contribution in [1.82, 2.24) is 21.3 Å². The van der Waals surface area contributed by atoms with Crippen LogP contribution in [0.15, 0.2) is 55.6 Å². The molecule has 8 N–H and O–H groups in total. The second-order valence-electron chi connectivity index (χ2n) is 7.62. The molecule has 178 valence electrons. The summed E-state index contributed by atoms with van der Waals surface area (Å²) in [5.74, 6) is 1.72. The highest BCUT2D eigenvalue weighted by molar-refractivity contribution is 5.95. The van der Waals surface area contributed by atoms with Crippen molar-refractivity contribution < 1.29 is 18.4 Å². The van der Waals surface area contributed by atoms with Crippen molar-refractivity contribution in [1.29, 1.82) is 0 Å². The monoisotopic (exact) mass is 458 g/mol. The summed E-state index contributed by atoms with van der Waals surface area (Å²) in [5, 5.41) is 10.2. The lowest BCUT2D eigenvalue weighted by Gasteiger charge is -2.21. The summed E-state index contributed by atoms with van der Waals surface area (Å²) in [7, 11) is 0. The number of hydrogen-bond donors (Lipinski definition) is 6. The topological polar surface area (TPSA) is 185 Å². The lowest BCUT2D eigenvalue weighted by atomic mass is 9.94. The van der Waals surface area contributed by atoms with E-state index < -0.39 is 0 Å². The molecule has 0 atom stereocenters. The quantitative estimate of drug-likeness (QED) is 0.281. The van der Waals surface area contributed by atoms with Gasteiger partial charge in [0.1, 0.15) is 11.5 Å². The molecule has 0 radical (unpaired) electrons. The van der Waals surface area contributed by atoms with Gasteiger partial charge in [-0.25, -0.2) is 19.6 Å². The van der Waals surface area contributed by atoms with Crippen molar-refractivity contribution in [2.45, 2.75) is 57.3 Å². The van der Waals surface area contributed by atoms with Gasteiger partial charge in [0, 0.05) is 0 Å². The van der Waals surface area contributed by atoms with E-state index >= 15 is 0 Å². The smallest absolute Gasteiger partial charge is 0.321 e. The van der Waals surface area contributed by atoms with Gasteiger partial charge in [-0.2, -0.15) is 0 Å². The van der Waals surface area contributed by atoms with E-state index in [1.807, 2.05) is 0 Å². The number of rotatable bonds is 6. The Morgan fingerprint density at radius 3 is 1.61 bits per heavy atom. The van der Waals surface area contributed by atoms with Crippen molar-refractivity contribution in [2.24, 2.45) is 21.5 Å². The maximum absolute atomic E-state index is 11.4. The maximum atomic E-state index is 11.4. The highest BCUT2D eigenvalue weighted by atomic mass is 16.3. The van der Waals surface area contributed by atoms with Crippen LogP contribution in [0.3, 0.4) is 0 Å². The number of nitrogens with two attached hydrogens (primary N) is 2. The Kier molecular flexibility index (Phi) is 8.74. The minimum absolute atomic E-state index is 0.166. The molecule has 2 aliphatic rings. The van der Waals surface area contributed by atoms with E-state index in [1.54, 1.807) is 36.8 Å². The molecule has 0 unspecified atom stereocenters. The van der Waals surface area contributed by atoms with E-state index in [0.29, 0.717) is 30.7 Å². The number of urea groups is 2. The largest absolute Gasteiger partial charge is 0.467 e. The molecule has 2 aliphatic carbocycles. The number of nitrogens with zero attached hydrogens (tertiary/aromatic N) is 2. The predicted molar refractivity (Wildman–Crippen MR) is 122 cm³/mol. The Morgan fingerprint density at radius 2 is 1.27 bits per heavy atom. The second kappa shape index (κ2) is 12.2. The van der Waals surface area contributed by atoms with Gasteiger partial charge in [0.05, 0.1) is 37.7 Å². The van der Waals surface area contributed by atoms with Crippen molar-refractivity contribution in [3.8, 4) is 0 Å². The zero-order valence-electron chi connectivity index (χ0n) is 18.3. The van der Waals surface area contributed by atoms with Crippen LogP contribution < -0.4 is 32.7 Å². The Morgan fingerprint density at radius 1 is 0.818 bits per heavy atom. The minimum atomic E-state index is -0.377. The third kappa shape index (κ3) is 9.37. The number of furan rings is 2. The van der Waals surface area contributed by atoms with Crippen molar-refractivity contribution in [3.05, 3.63) is 48.3 Å². The van der Waals surface area contributed by atoms with Crippen molar-refractivity contribution in [2.75, 3.05) is 0 Å². The molecule has 2 saturated carbocycles. The van der Waals surface area contributed by atoms with Gasteiger partial charge in [-0.3, -0.25) is 10.6 Å². The molecule has 2 aromatic rings. The Balaban J connectivity index is 0.000000186. The fourth-order valence-electron chi connectivity index (χ4n) is 2.66. The van der Waals surface area contributed by atoms with Crippen molar-refractivity contribution in [3.63, 3.8) is 0 Å². The van der Waals surface area contributed by atoms with E-state index in [1.165, 1.54) is 6.42 Å². The highest BCUT2D eigenvalue weighted by Crippen LogP contribution is 2.23. The molecule has 2 fully saturated rings. The van der Waals surface area contributed by atoms with E-state index in [2.05, 4.69) is 31.3 Å². The van der Waals surface area contributed by atoms with Crippen LogP contribution in [-0.4, -0.2) is 36.1 Å². The molecule has 0 aromatic carbocycles. The van der Waals surface area contributed by atoms with Gasteiger partial charge in [0.25, 0.3) is 0 Å². The molecule has 33 heavy (non-hydrogen) atoms. The van der Waals surface area contributed by atoms with Gasteiger partial charge in [-0.1, -0.05) is 0 Å². The molecule has 0 bridgehead atoms. The zero-order valence-corrected chi connectivity index (χ0v) is 18.3. The van der Waals surface area contributed by atoms with E-state index in [9.17, 15) is 9.59 Å². The SMILES string of the molecule is NC(=NC1CC1)NC(=O)NCc1ccco1.NC(=NC1CCC1)NC(=O)NCc1ccco1. The van der Waals surface area contributed by atoms with Gasteiger partial charge in [-0.15, -0.1) is 0 Å². The van der Waals surface area contributed by atoms with Crippen LogP contribution in [-0.2, 0) is 13.1 Å². The first-order valence-corrected chi connectivity index (χ1v) is 10.8. The van der Waals surface area contributed by atoms with E-state index in [-0.39, 0.29) is 30.0 Å². The minimum Gasteiger partial charge on any atom is -0.467 e. The fraction of sp³-hybridized carbons (Fsp3) is 0.429. The summed E-state index contributed by atoms with van der Waals surface area (Å²) in [6.07, 6.45) is 8.50. The first kappa shape index (κ1) is 23.7. The average molecular weight is 459 g/mol. The molecule has 4 rings (SSSR count). The third-order valence-electron chi connectivity index (χ3n) is 4.75. The molecular weight excluding hydrogens is 428 g/mol. The molecule has 0 spiro atoms. The summed E-state index contributed by atoms with van der Waals surface area (Å²) in [6.45, 7) is 0.658. The van der Waals surface area contributed by atoms with E-state index in [0.717, 1.165) is 25.7 Å². The second-order valence-corrected chi connectivity index (χ2v) is 7.62. The molecule has 0 saturated heterocycles. The summed E-state index contributed by atoms with van der Waals surface area (Å²) in [6, 6.07) is 6.92. The zero-order chi connectivity index (χ0) is 23.5. The fourth-order valence-corrected chi connectivity index (χ4v) is 2.66. The van der Waals surface area contributed by atoms with Gasteiger partial charge >= 0.3 is 12.1 Å². The number of aliphatic imine (C=N–C) groups is 2. The lowest BCUT2D eigenvalue weighted by Crippen LogP contribution is -2.44. The first-order chi connectivity index (χ1) is 16.0. The Labute approximate surface area is 191 Å². The van der Waals surface area contributed by atoms with Gasteiger partial charge in [0.15, 0.2) is 11.9 Å². The third-order valence-corrected chi connectivity index (χ3v) is 4.75. The highest BCUT2D eigenvalue weighted by Gasteiger charge is 2.20. The molecule has 2 heterocycles. The molecule has 12 nitrogen and oxygen atoms in total. The standard InChI is InChI=1S/C11H16N4O2.C10H14N4O2/c12-10(14-8-3-1-4-8)15-11(16)13-7-9-5-2-6-17-9;11-9(13-7-3-4-7)14-10(15)12-6-8-2-1-5-16-8/h2,5-6,8H,1,3-4,7H2,(H4,12,13,14,15,16);1-2,5,7H,3-4,6H2,(H4,11,12,13,14,15). The number of nitrogens with one attached hydrogen (secondary N) is 4. The number of guanidine groups is 2. The van der Waals surface area contributed by atoms with Crippen molar-refractivity contribution >= 4 is 24.0 Å². The number of carbonyl (C=O) groups excluding carboxylic acids is 2. The number of carbonyl (C=O) groups is 2. The van der Waals surface area contributed by atoms with Crippen LogP contribution in [0.2, 0.25) is 0 Å². The summed E-state index contributed by atoms with van der Waals surface area (Å²) < 4.78 is 10.1. The molecule has 12 heteroatoms. The summed E-state index contributed by atoms with van der Waals surface area (Å²) in [4.78, 5) is 31.0. The molecule has 4 amide bonds. The molecule has 0 aliphatic heterocycles. The van der Waals surface area contributed by atoms with Gasteiger partial charge in [-0.05, 0) is 56.4 Å². The van der Waals surface area contributed by atoms with Crippen LogP contribution >= 0.6 is 0 Å². The summed E-state index contributed by atoms with van der Waals surface area (Å²) in [5.41, 5.74) is 11.1. The maximum Gasteiger partial charge on any atom is 0.321 e. The normalized spacial score (nSPS) is 16.1.